The molecule has 0 aliphatic heterocycles. The highest BCUT2D eigenvalue weighted by atomic mass is 31.2. The number of rotatable bonds is 40. The number of phosphoric ester groups is 1. The van der Waals surface area contributed by atoms with E-state index in [1.54, 1.807) is 13.8 Å². The van der Waals surface area contributed by atoms with Crippen molar-refractivity contribution >= 4 is 31.7 Å². The van der Waals surface area contributed by atoms with Gasteiger partial charge in [-0.1, -0.05) is 142 Å². The third kappa shape index (κ3) is 37.9. The van der Waals surface area contributed by atoms with Crippen LogP contribution < -0.4 is 11.5 Å². The first kappa shape index (κ1) is 54.9. The van der Waals surface area contributed by atoms with Gasteiger partial charge in [0.1, 0.15) is 13.2 Å². The van der Waals surface area contributed by atoms with Crippen molar-refractivity contribution in [2.24, 2.45) is 11.5 Å². The van der Waals surface area contributed by atoms with Gasteiger partial charge in [0.25, 0.3) is 0 Å². The van der Waals surface area contributed by atoms with Gasteiger partial charge in [-0.15, -0.1) is 0 Å². The molecule has 5 atom stereocenters. The Bertz CT molecular complexity index is 1080. The molecular weight excluding hydrogens is 755 g/mol. The number of esters is 4. The topological polar surface area (TPSA) is 213 Å². The molecule has 0 amide bonds. The molecule has 0 aromatic heterocycles. The molecule has 0 bridgehead atoms. The molecule has 57 heavy (non-hydrogen) atoms. The Labute approximate surface area is 344 Å². The predicted molar refractivity (Wildman–Crippen MR) is 222 cm³/mol. The molecule has 2 unspecified atom stereocenters. The molecule has 0 radical (unpaired) electrons. The summed E-state index contributed by atoms with van der Waals surface area (Å²) in [7, 11) is -4.83. The van der Waals surface area contributed by atoms with Gasteiger partial charge < -0.3 is 35.3 Å². The van der Waals surface area contributed by atoms with E-state index in [1.807, 2.05) is 0 Å². The van der Waals surface area contributed by atoms with Crippen molar-refractivity contribution in [3.63, 3.8) is 0 Å². The SMILES string of the molecule is CCCCCCCCCCCCCC(=O)OC[C@H](COP(=O)(O)OCC(COC(=O)C[C@@H](C)N)OC(=O)C[C@@H](C)N)OC(=O)CCCCCCCCCCCCC. The lowest BCUT2D eigenvalue weighted by molar-refractivity contribution is -0.162. The van der Waals surface area contributed by atoms with Crippen molar-refractivity contribution in [1.82, 2.24) is 0 Å². The Morgan fingerprint density at radius 3 is 1.18 bits per heavy atom. The van der Waals surface area contributed by atoms with Crippen LogP contribution in [-0.4, -0.2) is 79.5 Å². The summed E-state index contributed by atoms with van der Waals surface area (Å²) < 4.78 is 44.4. The van der Waals surface area contributed by atoms with Crippen molar-refractivity contribution in [3.8, 4) is 0 Å². The largest absolute Gasteiger partial charge is 0.472 e. The van der Waals surface area contributed by atoms with Gasteiger partial charge >= 0.3 is 31.7 Å². The van der Waals surface area contributed by atoms with Gasteiger partial charge in [-0.25, -0.2) is 4.57 Å². The summed E-state index contributed by atoms with van der Waals surface area (Å²) in [6.07, 6.45) is 22.7. The summed E-state index contributed by atoms with van der Waals surface area (Å²) in [6, 6.07) is -0.986. The maximum Gasteiger partial charge on any atom is 0.472 e. The molecule has 0 heterocycles. The molecule has 336 valence electrons. The van der Waals surface area contributed by atoms with Crippen LogP contribution >= 0.6 is 7.82 Å². The van der Waals surface area contributed by atoms with E-state index in [0.29, 0.717) is 12.8 Å². The second-order valence-corrected chi connectivity index (χ2v) is 17.0. The second-order valence-electron chi connectivity index (χ2n) is 15.6. The van der Waals surface area contributed by atoms with Crippen LogP contribution in [0.25, 0.3) is 0 Å². The first-order chi connectivity index (χ1) is 27.3. The van der Waals surface area contributed by atoms with Gasteiger partial charge in [-0.2, -0.15) is 0 Å². The Balaban J connectivity index is 5.04. The monoisotopic (exact) mass is 837 g/mol. The lowest BCUT2D eigenvalue weighted by atomic mass is 10.1. The zero-order valence-electron chi connectivity index (χ0n) is 36.1. The van der Waals surface area contributed by atoms with Gasteiger partial charge in [0.05, 0.1) is 26.1 Å². The minimum Gasteiger partial charge on any atom is -0.462 e. The van der Waals surface area contributed by atoms with Crippen LogP contribution in [0.3, 0.4) is 0 Å². The number of unbranched alkanes of at least 4 members (excludes halogenated alkanes) is 20. The van der Waals surface area contributed by atoms with Crippen LogP contribution in [0.1, 0.15) is 195 Å². The van der Waals surface area contributed by atoms with Crippen LogP contribution in [0.4, 0.5) is 0 Å². The zero-order chi connectivity index (χ0) is 42.6. The van der Waals surface area contributed by atoms with Gasteiger partial charge in [-0.3, -0.25) is 28.2 Å². The summed E-state index contributed by atoms with van der Waals surface area (Å²) in [5.41, 5.74) is 11.3. The Morgan fingerprint density at radius 1 is 0.474 bits per heavy atom. The van der Waals surface area contributed by atoms with E-state index in [0.717, 1.165) is 38.5 Å². The maximum atomic E-state index is 12.9. The van der Waals surface area contributed by atoms with E-state index in [1.165, 1.54) is 89.9 Å². The van der Waals surface area contributed by atoms with Crippen LogP contribution in [-0.2, 0) is 51.7 Å². The molecular formula is C42H81N2O12P. The van der Waals surface area contributed by atoms with Gasteiger partial charge in [0, 0.05) is 24.9 Å². The average molecular weight is 837 g/mol. The summed E-state index contributed by atoms with van der Waals surface area (Å²) >= 11 is 0. The third-order valence-electron chi connectivity index (χ3n) is 9.25. The van der Waals surface area contributed by atoms with E-state index in [4.69, 9.17) is 39.5 Å². The van der Waals surface area contributed by atoms with E-state index in [2.05, 4.69) is 13.8 Å². The Hall–Kier alpha value is -2.09. The fourth-order valence-electron chi connectivity index (χ4n) is 6.00. The molecule has 0 fully saturated rings. The number of hydrogen-bond donors (Lipinski definition) is 3. The number of carbonyl (C=O) groups is 4. The lowest BCUT2D eigenvalue weighted by Crippen LogP contribution is -2.33. The first-order valence-corrected chi connectivity index (χ1v) is 23.6. The van der Waals surface area contributed by atoms with E-state index in [-0.39, 0.29) is 32.3 Å². The van der Waals surface area contributed by atoms with Crippen molar-refractivity contribution in [3.05, 3.63) is 0 Å². The summed E-state index contributed by atoms with van der Waals surface area (Å²) in [5.74, 6) is -2.38. The van der Waals surface area contributed by atoms with E-state index in [9.17, 15) is 28.6 Å². The number of carbonyl (C=O) groups excluding carboxylic acids is 4. The first-order valence-electron chi connectivity index (χ1n) is 22.1. The maximum absolute atomic E-state index is 12.9. The number of hydrogen-bond acceptors (Lipinski definition) is 13. The van der Waals surface area contributed by atoms with Crippen molar-refractivity contribution in [1.29, 1.82) is 0 Å². The highest BCUT2D eigenvalue weighted by Gasteiger charge is 2.29. The van der Waals surface area contributed by atoms with Crippen molar-refractivity contribution in [2.75, 3.05) is 26.4 Å². The van der Waals surface area contributed by atoms with Gasteiger partial charge in [0.2, 0.25) is 0 Å². The summed E-state index contributed by atoms with van der Waals surface area (Å²) in [6.45, 7) is 5.54. The quantitative estimate of drug-likeness (QED) is 0.0228. The molecule has 0 aliphatic carbocycles. The second kappa shape index (κ2) is 36.9. The van der Waals surface area contributed by atoms with Crippen molar-refractivity contribution < 1.29 is 56.6 Å². The summed E-state index contributed by atoms with van der Waals surface area (Å²) in [5, 5.41) is 0. The molecule has 0 rings (SSSR count). The minimum absolute atomic E-state index is 0.0911. The van der Waals surface area contributed by atoms with Gasteiger partial charge in [-0.05, 0) is 26.7 Å². The molecule has 0 saturated carbocycles. The molecule has 0 spiro atoms. The van der Waals surface area contributed by atoms with Gasteiger partial charge in [0.15, 0.2) is 12.2 Å². The standard InChI is InChI=1S/C42H81N2O12P/c1-5-7-9-11-13-15-17-19-21-23-25-27-39(45)51-31-37(55-40(46)28-26-24-22-20-18-16-14-12-10-8-6-2)33-53-57(49,50)54-34-38(56-42(48)30-36(4)44)32-52-41(47)29-35(3)43/h35-38H,5-34,43-44H2,1-4H3,(H,49,50)/t35-,36-,37-,38?/m1/s1. The Kier molecular flexibility index (Phi) is 35.6. The fraction of sp³-hybridized carbons (Fsp3) is 0.905. The molecule has 0 aromatic carbocycles. The van der Waals surface area contributed by atoms with E-state index < -0.39 is 75.8 Å². The average Bonchev–Trinajstić information content (AvgIpc) is 3.14. The van der Waals surface area contributed by atoms with Crippen LogP contribution in [0.2, 0.25) is 0 Å². The van der Waals surface area contributed by atoms with Crippen LogP contribution in [0, 0.1) is 0 Å². The molecule has 0 aromatic rings. The highest BCUT2D eigenvalue weighted by molar-refractivity contribution is 7.47. The number of phosphoric acid groups is 1. The normalized spacial score (nSPS) is 14.6. The highest BCUT2D eigenvalue weighted by Crippen LogP contribution is 2.43. The molecule has 5 N–H and O–H groups in total. The van der Waals surface area contributed by atoms with Crippen molar-refractivity contribution in [2.45, 2.75) is 219 Å². The Morgan fingerprint density at radius 2 is 0.789 bits per heavy atom. The zero-order valence-corrected chi connectivity index (χ0v) is 37.0. The van der Waals surface area contributed by atoms with E-state index >= 15 is 0 Å². The number of ether oxygens (including phenoxy) is 4. The third-order valence-corrected chi connectivity index (χ3v) is 10.2. The fourth-order valence-corrected chi connectivity index (χ4v) is 6.78. The smallest absolute Gasteiger partial charge is 0.462 e. The van der Waals surface area contributed by atoms with Crippen LogP contribution in [0.15, 0.2) is 0 Å². The predicted octanol–water partition coefficient (Wildman–Crippen LogP) is 8.91. The minimum atomic E-state index is -4.83. The molecule has 0 saturated heterocycles. The number of nitrogens with two attached hydrogens (primary N) is 2. The lowest BCUT2D eigenvalue weighted by Gasteiger charge is -2.22. The molecule has 0 aliphatic rings. The molecule has 14 nitrogen and oxygen atoms in total. The summed E-state index contributed by atoms with van der Waals surface area (Å²) in [4.78, 5) is 60.1. The molecule has 15 heteroatoms. The van der Waals surface area contributed by atoms with Crippen LogP contribution in [0.5, 0.6) is 0 Å².